The van der Waals surface area contributed by atoms with Gasteiger partial charge in [0.05, 0.1) is 37.5 Å². The topological polar surface area (TPSA) is 112 Å². The average molecular weight is 491 g/mol. The number of nitrogens with zero attached hydrogens (tertiary/aromatic N) is 4. The zero-order valence-corrected chi connectivity index (χ0v) is 21.3. The molecule has 36 heavy (non-hydrogen) atoms. The molecule has 1 aromatic carbocycles. The Labute approximate surface area is 209 Å². The molecule has 0 unspecified atom stereocenters. The van der Waals surface area contributed by atoms with Crippen molar-refractivity contribution in [2.75, 3.05) is 24.9 Å². The standard InChI is InChI=1S/C26H30N6O4/c1-7-32-16(3)21(15(2)30-32)14-27-18-12-20-22(23(26(34)36-6)31(4)24(20)28-13-18)29-25(33)17-8-10-19(35-5)11-9-17/h8-13,27H,7,14H2,1-6H3,(H,29,33). The third-order valence-electron chi connectivity index (χ3n) is 6.30. The summed E-state index contributed by atoms with van der Waals surface area (Å²) in [6, 6.07) is 8.58. The van der Waals surface area contributed by atoms with Crippen LogP contribution in [0.2, 0.25) is 0 Å². The monoisotopic (exact) mass is 490 g/mol. The Morgan fingerprint density at radius 2 is 1.83 bits per heavy atom. The van der Waals surface area contributed by atoms with Gasteiger partial charge >= 0.3 is 5.97 Å². The number of methoxy groups -OCH3 is 2. The van der Waals surface area contributed by atoms with E-state index in [0.717, 1.165) is 29.2 Å². The van der Waals surface area contributed by atoms with E-state index in [1.54, 1.807) is 49.2 Å². The van der Waals surface area contributed by atoms with Crippen molar-refractivity contribution in [2.45, 2.75) is 33.9 Å². The number of pyridine rings is 1. The predicted molar refractivity (Wildman–Crippen MR) is 138 cm³/mol. The first-order valence-electron chi connectivity index (χ1n) is 11.6. The van der Waals surface area contributed by atoms with Gasteiger partial charge in [0, 0.05) is 42.3 Å². The molecule has 0 aliphatic rings. The van der Waals surface area contributed by atoms with Crippen molar-refractivity contribution in [3.63, 3.8) is 0 Å². The van der Waals surface area contributed by atoms with Crippen molar-refractivity contribution >= 4 is 34.3 Å². The van der Waals surface area contributed by atoms with Crippen LogP contribution in [0.1, 0.15) is 44.7 Å². The largest absolute Gasteiger partial charge is 0.497 e. The van der Waals surface area contributed by atoms with Crippen LogP contribution in [0.25, 0.3) is 11.0 Å². The average Bonchev–Trinajstić information content (AvgIpc) is 3.33. The summed E-state index contributed by atoms with van der Waals surface area (Å²) in [5.41, 5.74) is 5.44. The van der Waals surface area contributed by atoms with Crippen molar-refractivity contribution in [2.24, 2.45) is 7.05 Å². The van der Waals surface area contributed by atoms with Gasteiger partial charge in [0.25, 0.3) is 5.91 Å². The number of aryl methyl sites for hydroxylation is 3. The summed E-state index contributed by atoms with van der Waals surface area (Å²) in [7, 11) is 4.57. The fourth-order valence-electron chi connectivity index (χ4n) is 4.29. The Bertz CT molecular complexity index is 1440. The lowest BCUT2D eigenvalue weighted by Gasteiger charge is -2.09. The number of nitrogens with one attached hydrogen (secondary N) is 2. The normalized spacial score (nSPS) is 10.9. The van der Waals surface area contributed by atoms with Crippen LogP contribution in [0.5, 0.6) is 5.75 Å². The first-order chi connectivity index (χ1) is 17.3. The van der Waals surface area contributed by atoms with Crippen LogP contribution in [-0.4, -0.2) is 45.4 Å². The molecule has 0 bridgehead atoms. The van der Waals surface area contributed by atoms with Crippen molar-refractivity contribution < 1.29 is 19.1 Å². The molecule has 0 fully saturated rings. The van der Waals surface area contributed by atoms with Gasteiger partial charge in [-0.05, 0) is 51.1 Å². The number of hydrogen-bond acceptors (Lipinski definition) is 7. The van der Waals surface area contributed by atoms with Crippen LogP contribution in [0.3, 0.4) is 0 Å². The zero-order valence-electron chi connectivity index (χ0n) is 21.3. The van der Waals surface area contributed by atoms with Gasteiger partial charge in [-0.2, -0.15) is 5.10 Å². The van der Waals surface area contributed by atoms with E-state index in [2.05, 4.69) is 34.6 Å². The van der Waals surface area contributed by atoms with Gasteiger partial charge in [-0.25, -0.2) is 9.78 Å². The van der Waals surface area contributed by atoms with E-state index < -0.39 is 5.97 Å². The van der Waals surface area contributed by atoms with E-state index in [1.165, 1.54) is 7.11 Å². The molecule has 1 amide bonds. The van der Waals surface area contributed by atoms with Gasteiger partial charge in [-0.15, -0.1) is 0 Å². The minimum absolute atomic E-state index is 0.204. The van der Waals surface area contributed by atoms with E-state index in [1.807, 2.05) is 17.7 Å². The Kier molecular flexibility index (Phi) is 6.96. The summed E-state index contributed by atoms with van der Waals surface area (Å²) in [4.78, 5) is 30.3. The number of carbonyl (C=O) groups is 2. The van der Waals surface area contributed by atoms with Crippen LogP contribution in [-0.2, 0) is 24.9 Å². The lowest BCUT2D eigenvalue weighted by Crippen LogP contribution is -2.16. The molecule has 0 atom stereocenters. The van der Waals surface area contributed by atoms with Crippen molar-refractivity contribution in [3.8, 4) is 5.75 Å². The van der Waals surface area contributed by atoms with Gasteiger partial charge in [-0.3, -0.25) is 9.48 Å². The van der Waals surface area contributed by atoms with Gasteiger partial charge in [0.15, 0.2) is 5.69 Å². The minimum Gasteiger partial charge on any atom is -0.497 e. The number of aromatic nitrogens is 4. The SMILES string of the molecule is CCn1nc(C)c(CNc2cnc3c(c2)c(NC(=O)c2ccc(OC)cc2)c(C(=O)OC)n3C)c1C. The van der Waals surface area contributed by atoms with Gasteiger partial charge in [-0.1, -0.05) is 0 Å². The van der Waals surface area contributed by atoms with Crippen molar-refractivity contribution in [3.05, 3.63) is 64.7 Å². The number of rotatable bonds is 8. The molecule has 2 N–H and O–H groups in total. The molecule has 10 heteroatoms. The maximum atomic E-state index is 13.1. The van der Waals surface area contributed by atoms with Gasteiger partial charge in [0.2, 0.25) is 0 Å². The number of ether oxygens (including phenoxy) is 2. The summed E-state index contributed by atoms with van der Waals surface area (Å²) < 4.78 is 13.8. The number of carbonyl (C=O) groups excluding carboxylic acids is 2. The fraction of sp³-hybridized carbons (Fsp3) is 0.308. The zero-order chi connectivity index (χ0) is 26.0. The van der Waals surface area contributed by atoms with E-state index in [0.29, 0.717) is 34.6 Å². The molecule has 0 spiro atoms. The minimum atomic E-state index is -0.576. The second kappa shape index (κ2) is 10.1. The van der Waals surface area contributed by atoms with Crippen LogP contribution in [0.4, 0.5) is 11.4 Å². The van der Waals surface area contributed by atoms with Crippen molar-refractivity contribution in [1.29, 1.82) is 0 Å². The Morgan fingerprint density at radius 1 is 1.11 bits per heavy atom. The van der Waals surface area contributed by atoms with E-state index in [9.17, 15) is 9.59 Å². The summed E-state index contributed by atoms with van der Waals surface area (Å²) >= 11 is 0. The van der Waals surface area contributed by atoms with E-state index >= 15 is 0 Å². The van der Waals surface area contributed by atoms with Crippen molar-refractivity contribution in [1.82, 2.24) is 19.3 Å². The number of amides is 1. The van der Waals surface area contributed by atoms with Crippen LogP contribution in [0, 0.1) is 13.8 Å². The first kappa shape index (κ1) is 24.8. The Hall–Kier alpha value is -4.34. The molecule has 188 valence electrons. The molecule has 3 aromatic heterocycles. The maximum absolute atomic E-state index is 13.1. The molecule has 3 heterocycles. The fourth-order valence-corrected chi connectivity index (χ4v) is 4.29. The third kappa shape index (κ3) is 4.49. The number of anilines is 2. The predicted octanol–water partition coefficient (Wildman–Crippen LogP) is 4.07. The second-order valence-electron chi connectivity index (χ2n) is 8.37. The van der Waals surface area contributed by atoms with Crippen LogP contribution >= 0.6 is 0 Å². The highest BCUT2D eigenvalue weighted by Gasteiger charge is 2.25. The lowest BCUT2D eigenvalue weighted by atomic mass is 10.1. The molecular weight excluding hydrogens is 460 g/mol. The molecule has 0 saturated heterocycles. The van der Waals surface area contributed by atoms with E-state index in [4.69, 9.17) is 9.47 Å². The molecule has 4 aromatic rings. The van der Waals surface area contributed by atoms with E-state index in [-0.39, 0.29) is 11.6 Å². The molecule has 0 aliphatic heterocycles. The van der Waals surface area contributed by atoms with Crippen LogP contribution in [0.15, 0.2) is 36.5 Å². The highest BCUT2D eigenvalue weighted by atomic mass is 16.5. The summed E-state index contributed by atoms with van der Waals surface area (Å²) in [6.45, 7) is 7.47. The number of fused-ring (bicyclic) bond motifs is 1. The Balaban J connectivity index is 1.70. The highest BCUT2D eigenvalue weighted by molar-refractivity contribution is 6.14. The molecule has 0 saturated carbocycles. The molecular formula is C26H30N6O4. The third-order valence-corrected chi connectivity index (χ3v) is 6.30. The number of hydrogen-bond donors (Lipinski definition) is 2. The molecule has 10 nitrogen and oxygen atoms in total. The second-order valence-corrected chi connectivity index (χ2v) is 8.37. The summed E-state index contributed by atoms with van der Waals surface area (Å²) in [6.07, 6.45) is 1.70. The van der Waals surface area contributed by atoms with Gasteiger partial charge < -0.3 is 24.7 Å². The lowest BCUT2D eigenvalue weighted by molar-refractivity contribution is 0.0591. The molecule has 0 aliphatic carbocycles. The summed E-state index contributed by atoms with van der Waals surface area (Å²) in [5.74, 6) is -0.304. The smallest absolute Gasteiger partial charge is 0.356 e. The molecule has 4 rings (SSSR count). The number of benzene rings is 1. The Morgan fingerprint density at radius 3 is 2.44 bits per heavy atom. The van der Waals surface area contributed by atoms with Gasteiger partial charge in [0.1, 0.15) is 11.4 Å². The quantitative estimate of drug-likeness (QED) is 0.358. The summed E-state index contributed by atoms with van der Waals surface area (Å²) in [5, 5.41) is 11.5. The first-order valence-corrected chi connectivity index (χ1v) is 11.6. The number of esters is 1. The van der Waals surface area contributed by atoms with Crippen LogP contribution < -0.4 is 15.4 Å². The maximum Gasteiger partial charge on any atom is 0.356 e. The highest BCUT2D eigenvalue weighted by Crippen LogP contribution is 2.32. The molecule has 0 radical (unpaired) electrons.